The van der Waals surface area contributed by atoms with Crippen molar-refractivity contribution < 1.29 is 33.3 Å². The highest BCUT2D eigenvalue weighted by molar-refractivity contribution is 9.09. The number of benzene rings is 1. The molecule has 0 aliphatic heterocycles. The van der Waals surface area contributed by atoms with Gasteiger partial charge in [-0.1, -0.05) is 15.9 Å². The minimum Gasteiger partial charge on any atom is -0.478 e. The van der Waals surface area contributed by atoms with Gasteiger partial charge in [0.1, 0.15) is 6.10 Å². The largest absolute Gasteiger partial charge is 0.478 e. The topological polar surface area (TPSA) is 77.8 Å². The molecular weight excluding hydrogens is 333 g/mol. The van der Waals surface area contributed by atoms with E-state index < -0.39 is 41.0 Å². The third kappa shape index (κ3) is 3.68. The van der Waals surface area contributed by atoms with Crippen molar-refractivity contribution in [3.63, 3.8) is 0 Å². The maximum absolute atomic E-state index is 12.5. The molecule has 0 saturated carbocycles. The summed E-state index contributed by atoms with van der Waals surface area (Å²) in [6, 6.07) is 1.89. The fourth-order valence-corrected chi connectivity index (χ4v) is 1.82. The Hall–Kier alpha value is -1.12. The van der Waals surface area contributed by atoms with Crippen molar-refractivity contribution in [2.45, 2.75) is 18.4 Å². The van der Waals surface area contributed by atoms with Gasteiger partial charge in [0.05, 0.1) is 17.2 Å². The molecule has 2 unspecified atom stereocenters. The highest BCUT2D eigenvalue weighted by Gasteiger charge is 2.33. The average molecular weight is 343 g/mol. The molecular formula is C11H10BrF3O4. The number of carboxylic acids is 1. The third-order valence-electron chi connectivity index (χ3n) is 2.45. The molecule has 1 rings (SSSR count). The van der Waals surface area contributed by atoms with E-state index in [1.165, 1.54) is 0 Å². The predicted octanol–water partition coefficient (Wildman–Crippen LogP) is 2.19. The van der Waals surface area contributed by atoms with Gasteiger partial charge in [-0.2, -0.15) is 13.2 Å². The van der Waals surface area contributed by atoms with Crippen molar-refractivity contribution >= 4 is 21.9 Å². The van der Waals surface area contributed by atoms with Gasteiger partial charge in [-0.05, 0) is 23.8 Å². The molecule has 1 aromatic carbocycles. The van der Waals surface area contributed by atoms with Crippen LogP contribution in [-0.2, 0) is 6.18 Å². The summed E-state index contributed by atoms with van der Waals surface area (Å²) in [7, 11) is 0. The molecule has 0 fully saturated rings. The highest BCUT2D eigenvalue weighted by Crippen LogP contribution is 2.33. The number of aliphatic hydroxyl groups is 2. The van der Waals surface area contributed by atoms with Crippen molar-refractivity contribution in [3.05, 3.63) is 34.9 Å². The SMILES string of the molecule is O=C(O)c1ccc(C(F)(F)F)cc1C(O)C(O)CBr. The van der Waals surface area contributed by atoms with Gasteiger partial charge in [0.25, 0.3) is 0 Å². The van der Waals surface area contributed by atoms with Crippen LogP contribution in [0.1, 0.15) is 27.6 Å². The lowest BCUT2D eigenvalue weighted by Crippen LogP contribution is -2.22. The maximum atomic E-state index is 12.5. The number of alkyl halides is 4. The van der Waals surface area contributed by atoms with Gasteiger partial charge in [-0.3, -0.25) is 0 Å². The maximum Gasteiger partial charge on any atom is 0.416 e. The molecule has 1 aromatic rings. The number of aromatic carboxylic acids is 1. The van der Waals surface area contributed by atoms with Gasteiger partial charge in [-0.15, -0.1) is 0 Å². The molecule has 0 aliphatic carbocycles. The van der Waals surface area contributed by atoms with Gasteiger partial charge in [0.2, 0.25) is 0 Å². The van der Waals surface area contributed by atoms with E-state index in [2.05, 4.69) is 15.9 Å². The molecule has 0 radical (unpaired) electrons. The Morgan fingerprint density at radius 2 is 1.89 bits per heavy atom. The first-order valence-corrected chi connectivity index (χ1v) is 6.17. The van der Waals surface area contributed by atoms with Crippen molar-refractivity contribution in [2.24, 2.45) is 0 Å². The molecule has 0 saturated heterocycles. The lowest BCUT2D eigenvalue weighted by molar-refractivity contribution is -0.137. The Bertz CT molecular complexity index is 475. The zero-order valence-electron chi connectivity index (χ0n) is 9.36. The quantitative estimate of drug-likeness (QED) is 0.733. The summed E-state index contributed by atoms with van der Waals surface area (Å²) >= 11 is 2.85. The van der Waals surface area contributed by atoms with Crippen molar-refractivity contribution in [3.8, 4) is 0 Å². The number of carbonyl (C=O) groups is 1. The van der Waals surface area contributed by atoms with Crippen LogP contribution in [0.25, 0.3) is 0 Å². The lowest BCUT2D eigenvalue weighted by Gasteiger charge is -2.19. The Balaban J connectivity index is 3.35. The summed E-state index contributed by atoms with van der Waals surface area (Å²) in [4.78, 5) is 10.9. The van der Waals surface area contributed by atoms with Crippen LogP contribution in [-0.4, -0.2) is 32.7 Å². The second kappa shape index (κ2) is 5.89. The van der Waals surface area contributed by atoms with E-state index in [0.717, 1.165) is 6.07 Å². The van der Waals surface area contributed by atoms with Gasteiger partial charge < -0.3 is 15.3 Å². The Labute approximate surface area is 114 Å². The van der Waals surface area contributed by atoms with Crippen LogP contribution in [0.2, 0.25) is 0 Å². The molecule has 106 valence electrons. The van der Waals surface area contributed by atoms with E-state index in [-0.39, 0.29) is 5.33 Å². The molecule has 0 bridgehead atoms. The highest BCUT2D eigenvalue weighted by atomic mass is 79.9. The van der Waals surface area contributed by atoms with E-state index in [9.17, 15) is 28.2 Å². The predicted molar refractivity (Wildman–Crippen MR) is 63.2 cm³/mol. The van der Waals surface area contributed by atoms with Crippen LogP contribution >= 0.6 is 15.9 Å². The monoisotopic (exact) mass is 342 g/mol. The van der Waals surface area contributed by atoms with E-state index in [0.29, 0.717) is 12.1 Å². The summed E-state index contributed by atoms with van der Waals surface area (Å²) in [5, 5.41) is 27.9. The van der Waals surface area contributed by atoms with Crippen molar-refractivity contribution in [2.75, 3.05) is 5.33 Å². The molecule has 0 amide bonds. The molecule has 3 N–H and O–H groups in total. The molecule has 8 heteroatoms. The van der Waals surface area contributed by atoms with Crippen LogP contribution in [0.3, 0.4) is 0 Å². The number of carboxylic acid groups (broad SMARTS) is 1. The van der Waals surface area contributed by atoms with E-state index in [4.69, 9.17) is 5.11 Å². The Kier molecular flexibility index (Phi) is 4.94. The molecule has 2 atom stereocenters. The van der Waals surface area contributed by atoms with Crippen LogP contribution in [0.5, 0.6) is 0 Å². The molecule has 0 aliphatic rings. The summed E-state index contributed by atoms with van der Waals surface area (Å²) in [5.41, 5.74) is -2.05. The van der Waals surface area contributed by atoms with E-state index >= 15 is 0 Å². The molecule has 0 heterocycles. The van der Waals surface area contributed by atoms with Crippen LogP contribution < -0.4 is 0 Å². The summed E-state index contributed by atoms with van der Waals surface area (Å²) in [6.45, 7) is 0. The summed E-state index contributed by atoms with van der Waals surface area (Å²) in [6.07, 6.45) is -7.81. The van der Waals surface area contributed by atoms with Crippen molar-refractivity contribution in [1.29, 1.82) is 0 Å². The fraction of sp³-hybridized carbons (Fsp3) is 0.364. The number of halogens is 4. The van der Waals surface area contributed by atoms with Gasteiger partial charge >= 0.3 is 12.1 Å². The first kappa shape index (κ1) is 15.9. The molecule has 19 heavy (non-hydrogen) atoms. The second-order valence-electron chi connectivity index (χ2n) is 3.77. The number of hydrogen-bond acceptors (Lipinski definition) is 3. The van der Waals surface area contributed by atoms with Gasteiger partial charge in [0, 0.05) is 5.33 Å². The van der Waals surface area contributed by atoms with Crippen molar-refractivity contribution in [1.82, 2.24) is 0 Å². The fourth-order valence-electron chi connectivity index (χ4n) is 1.47. The molecule has 4 nitrogen and oxygen atoms in total. The minimum absolute atomic E-state index is 0.108. The van der Waals surface area contributed by atoms with Crippen LogP contribution in [0, 0.1) is 0 Å². The Morgan fingerprint density at radius 3 is 2.32 bits per heavy atom. The zero-order valence-corrected chi connectivity index (χ0v) is 10.9. The molecule has 0 spiro atoms. The first-order chi connectivity index (χ1) is 8.68. The molecule has 0 aromatic heterocycles. The second-order valence-corrected chi connectivity index (χ2v) is 4.42. The van der Waals surface area contributed by atoms with Gasteiger partial charge in [-0.25, -0.2) is 4.79 Å². The normalized spacial score (nSPS) is 15.1. The van der Waals surface area contributed by atoms with Crippen LogP contribution in [0.15, 0.2) is 18.2 Å². The minimum atomic E-state index is -4.66. The number of rotatable bonds is 4. The first-order valence-electron chi connectivity index (χ1n) is 5.05. The van der Waals surface area contributed by atoms with Crippen LogP contribution in [0.4, 0.5) is 13.2 Å². The average Bonchev–Trinajstić information content (AvgIpc) is 2.34. The zero-order chi connectivity index (χ0) is 14.8. The lowest BCUT2D eigenvalue weighted by atomic mass is 9.96. The van der Waals surface area contributed by atoms with E-state index in [1.54, 1.807) is 0 Å². The Morgan fingerprint density at radius 1 is 1.32 bits per heavy atom. The smallest absolute Gasteiger partial charge is 0.416 e. The number of aliphatic hydroxyl groups excluding tert-OH is 2. The summed E-state index contributed by atoms with van der Waals surface area (Å²) in [5.74, 6) is -1.48. The third-order valence-corrected chi connectivity index (χ3v) is 3.11. The number of hydrogen-bond donors (Lipinski definition) is 3. The standard InChI is InChI=1S/C11H10BrF3O4/c12-4-8(16)9(17)7-3-5(11(13,14)15)1-2-6(7)10(18)19/h1-3,8-9,16-17H,4H2,(H,18,19). The summed E-state index contributed by atoms with van der Waals surface area (Å²) < 4.78 is 37.6. The van der Waals surface area contributed by atoms with E-state index in [1.807, 2.05) is 0 Å². The van der Waals surface area contributed by atoms with Gasteiger partial charge in [0.15, 0.2) is 0 Å².